The molecule has 0 aromatic heterocycles. The van der Waals surface area contributed by atoms with Gasteiger partial charge >= 0.3 is 0 Å². The largest absolute Gasteiger partial charge is 0.337 e. The second-order valence-corrected chi connectivity index (χ2v) is 4.86. The van der Waals surface area contributed by atoms with E-state index >= 15 is 0 Å². The SMILES string of the molecule is C[C@@H]1CNCCN1C(=O)C[C@@H](N)c1ccccc1. The van der Waals surface area contributed by atoms with Crippen molar-refractivity contribution in [2.24, 2.45) is 5.73 Å². The summed E-state index contributed by atoms with van der Waals surface area (Å²) in [6.07, 6.45) is 0.383. The third kappa shape index (κ3) is 3.09. The predicted molar refractivity (Wildman–Crippen MR) is 72.0 cm³/mol. The molecule has 0 saturated carbocycles. The Balaban J connectivity index is 1.94. The molecule has 4 nitrogen and oxygen atoms in total. The number of carbonyl (C=O) groups is 1. The van der Waals surface area contributed by atoms with Crippen LogP contribution in [-0.4, -0.2) is 36.5 Å². The first-order chi connectivity index (χ1) is 8.68. The molecule has 1 aromatic carbocycles. The summed E-state index contributed by atoms with van der Waals surface area (Å²) in [6, 6.07) is 9.85. The lowest BCUT2D eigenvalue weighted by Crippen LogP contribution is -2.52. The Kier molecular flexibility index (Phi) is 4.33. The van der Waals surface area contributed by atoms with E-state index in [9.17, 15) is 4.79 Å². The van der Waals surface area contributed by atoms with Crippen LogP contribution in [0.2, 0.25) is 0 Å². The maximum atomic E-state index is 12.2. The number of nitrogens with one attached hydrogen (secondary N) is 1. The van der Waals surface area contributed by atoms with Crippen molar-refractivity contribution >= 4 is 5.91 Å². The lowest BCUT2D eigenvalue weighted by atomic mass is 10.0. The number of piperazine rings is 1. The zero-order valence-corrected chi connectivity index (χ0v) is 10.8. The van der Waals surface area contributed by atoms with Crippen molar-refractivity contribution in [3.05, 3.63) is 35.9 Å². The van der Waals surface area contributed by atoms with Crippen LogP contribution >= 0.6 is 0 Å². The Labute approximate surface area is 108 Å². The van der Waals surface area contributed by atoms with Crippen molar-refractivity contribution < 1.29 is 4.79 Å². The molecular weight excluding hydrogens is 226 g/mol. The smallest absolute Gasteiger partial charge is 0.224 e. The van der Waals surface area contributed by atoms with E-state index in [2.05, 4.69) is 12.2 Å². The molecule has 1 heterocycles. The molecule has 1 aliphatic heterocycles. The van der Waals surface area contributed by atoms with Gasteiger partial charge in [0.05, 0.1) is 0 Å². The van der Waals surface area contributed by atoms with Gasteiger partial charge in [0.1, 0.15) is 0 Å². The minimum absolute atomic E-state index is 0.153. The Bertz CT molecular complexity index is 393. The Morgan fingerprint density at radius 1 is 1.50 bits per heavy atom. The molecule has 0 bridgehead atoms. The summed E-state index contributed by atoms with van der Waals surface area (Å²) in [7, 11) is 0. The van der Waals surface area contributed by atoms with E-state index in [0.717, 1.165) is 25.2 Å². The van der Waals surface area contributed by atoms with Crippen LogP contribution in [0.25, 0.3) is 0 Å². The molecule has 1 aromatic rings. The van der Waals surface area contributed by atoms with Crippen molar-refractivity contribution in [2.45, 2.75) is 25.4 Å². The van der Waals surface area contributed by atoms with Gasteiger partial charge in [0.15, 0.2) is 0 Å². The third-order valence-corrected chi connectivity index (χ3v) is 3.44. The van der Waals surface area contributed by atoms with Gasteiger partial charge in [-0.05, 0) is 12.5 Å². The van der Waals surface area contributed by atoms with E-state index in [1.54, 1.807) is 0 Å². The Morgan fingerprint density at radius 3 is 2.89 bits per heavy atom. The predicted octanol–water partition coefficient (Wildman–Crippen LogP) is 0.897. The average Bonchev–Trinajstić information content (AvgIpc) is 2.40. The molecule has 0 radical (unpaired) electrons. The zero-order valence-electron chi connectivity index (χ0n) is 10.8. The number of nitrogens with two attached hydrogens (primary N) is 1. The first-order valence-corrected chi connectivity index (χ1v) is 6.49. The molecule has 1 amide bonds. The van der Waals surface area contributed by atoms with Crippen molar-refractivity contribution in [3.63, 3.8) is 0 Å². The van der Waals surface area contributed by atoms with E-state index < -0.39 is 0 Å². The van der Waals surface area contributed by atoms with E-state index in [1.165, 1.54) is 0 Å². The van der Waals surface area contributed by atoms with E-state index in [0.29, 0.717) is 6.42 Å². The molecule has 1 aliphatic rings. The summed E-state index contributed by atoms with van der Waals surface area (Å²) in [5.74, 6) is 0.153. The summed E-state index contributed by atoms with van der Waals surface area (Å²) in [4.78, 5) is 14.1. The molecule has 1 fully saturated rings. The van der Waals surface area contributed by atoms with E-state index in [4.69, 9.17) is 5.73 Å². The number of hydrogen-bond acceptors (Lipinski definition) is 3. The number of carbonyl (C=O) groups excluding carboxylic acids is 1. The Morgan fingerprint density at radius 2 is 2.22 bits per heavy atom. The van der Waals surface area contributed by atoms with Crippen molar-refractivity contribution in [2.75, 3.05) is 19.6 Å². The topological polar surface area (TPSA) is 58.4 Å². The molecule has 0 spiro atoms. The molecule has 1 saturated heterocycles. The molecule has 3 N–H and O–H groups in total. The summed E-state index contributed by atoms with van der Waals surface area (Å²) < 4.78 is 0. The van der Waals surface area contributed by atoms with Crippen molar-refractivity contribution in [1.82, 2.24) is 10.2 Å². The van der Waals surface area contributed by atoms with Crippen LogP contribution in [0.1, 0.15) is 24.9 Å². The second kappa shape index (κ2) is 5.98. The fourth-order valence-corrected chi connectivity index (χ4v) is 2.34. The monoisotopic (exact) mass is 247 g/mol. The fraction of sp³-hybridized carbons (Fsp3) is 0.500. The summed E-state index contributed by atoms with van der Waals surface area (Å²) in [5.41, 5.74) is 7.11. The molecule has 0 aliphatic carbocycles. The van der Waals surface area contributed by atoms with Gasteiger partial charge in [-0.25, -0.2) is 0 Å². The molecule has 0 unspecified atom stereocenters. The third-order valence-electron chi connectivity index (χ3n) is 3.44. The van der Waals surface area contributed by atoms with E-state index in [-0.39, 0.29) is 18.0 Å². The van der Waals surface area contributed by atoms with Gasteiger partial charge in [-0.3, -0.25) is 4.79 Å². The van der Waals surface area contributed by atoms with Gasteiger partial charge in [-0.1, -0.05) is 30.3 Å². The van der Waals surface area contributed by atoms with Crippen LogP contribution in [0.4, 0.5) is 0 Å². The highest BCUT2D eigenvalue weighted by Gasteiger charge is 2.24. The molecular formula is C14H21N3O. The quantitative estimate of drug-likeness (QED) is 0.834. The summed E-state index contributed by atoms with van der Waals surface area (Å²) in [5, 5.41) is 3.28. The Hall–Kier alpha value is -1.39. The minimum atomic E-state index is -0.208. The summed E-state index contributed by atoms with van der Waals surface area (Å²) in [6.45, 7) is 4.59. The molecule has 98 valence electrons. The molecule has 2 atom stereocenters. The van der Waals surface area contributed by atoms with Gasteiger partial charge < -0.3 is 16.0 Å². The maximum absolute atomic E-state index is 12.2. The first kappa shape index (κ1) is 13.1. The highest BCUT2D eigenvalue weighted by Crippen LogP contribution is 2.16. The van der Waals surface area contributed by atoms with Gasteiger partial charge in [-0.15, -0.1) is 0 Å². The highest BCUT2D eigenvalue weighted by atomic mass is 16.2. The van der Waals surface area contributed by atoms with Gasteiger partial charge in [0, 0.05) is 38.1 Å². The molecule has 18 heavy (non-hydrogen) atoms. The van der Waals surface area contributed by atoms with Crippen LogP contribution < -0.4 is 11.1 Å². The fourth-order valence-electron chi connectivity index (χ4n) is 2.34. The van der Waals surface area contributed by atoms with Crippen LogP contribution in [-0.2, 0) is 4.79 Å². The second-order valence-electron chi connectivity index (χ2n) is 4.86. The standard InChI is InChI=1S/C14H21N3O/c1-11-10-16-7-8-17(11)14(18)9-13(15)12-5-3-2-4-6-12/h2-6,11,13,16H,7-10,15H2,1H3/t11-,13-/m1/s1. The summed E-state index contributed by atoms with van der Waals surface area (Å²) >= 11 is 0. The van der Waals surface area contributed by atoms with Crippen molar-refractivity contribution in [3.8, 4) is 0 Å². The van der Waals surface area contributed by atoms with E-state index in [1.807, 2.05) is 35.2 Å². The number of rotatable bonds is 3. The number of nitrogens with zero attached hydrogens (tertiary/aromatic N) is 1. The lowest BCUT2D eigenvalue weighted by Gasteiger charge is -2.34. The number of hydrogen-bond donors (Lipinski definition) is 2. The minimum Gasteiger partial charge on any atom is -0.337 e. The molecule has 4 heteroatoms. The van der Waals surface area contributed by atoms with Crippen LogP contribution in [0.3, 0.4) is 0 Å². The van der Waals surface area contributed by atoms with Crippen LogP contribution in [0.5, 0.6) is 0 Å². The van der Waals surface area contributed by atoms with Crippen LogP contribution in [0, 0.1) is 0 Å². The highest BCUT2D eigenvalue weighted by molar-refractivity contribution is 5.77. The van der Waals surface area contributed by atoms with Gasteiger partial charge in [-0.2, -0.15) is 0 Å². The first-order valence-electron chi connectivity index (χ1n) is 6.49. The average molecular weight is 247 g/mol. The maximum Gasteiger partial charge on any atom is 0.224 e. The zero-order chi connectivity index (χ0) is 13.0. The molecule has 2 rings (SSSR count). The number of amides is 1. The number of benzene rings is 1. The van der Waals surface area contributed by atoms with Gasteiger partial charge in [0.25, 0.3) is 0 Å². The van der Waals surface area contributed by atoms with Gasteiger partial charge in [0.2, 0.25) is 5.91 Å². The normalized spacial score (nSPS) is 21.7. The van der Waals surface area contributed by atoms with Crippen LogP contribution in [0.15, 0.2) is 30.3 Å². The van der Waals surface area contributed by atoms with Crippen molar-refractivity contribution in [1.29, 1.82) is 0 Å². The lowest BCUT2D eigenvalue weighted by molar-refractivity contribution is -0.134.